The van der Waals surface area contributed by atoms with Gasteiger partial charge in [-0.3, -0.25) is 9.59 Å². The zero-order valence-electron chi connectivity index (χ0n) is 20.0. The maximum atomic E-state index is 13.9. The first-order valence-corrected chi connectivity index (χ1v) is 12.8. The Morgan fingerprint density at radius 3 is 2.81 bits per heavy atom. The molecular weight excluding hydrogens is 477 g/mol. The molecule has 7 nitrogen and oxygen atoms in total. The zero-order chi connectivity index (χ0) is 25.1. The van der Waals surface area contributed by atoms with Gasteiger partial charge in [-0.2, -0.15) is 0 Å². The van der Waals surface area contributed by atoms with Crippen LogP contribution in [0, 0.1) is 18.7 Å². The van der Waals surface area contributed by atoms with Crippen molar-refractivity contribution in [3.8, 4) is 10.4 Å². The number of halogens is 1. The van der Waals surface area contributed by atoms with Gasteiger partial charge in [0.05, 0.1) is 16.5 Å². The van der Waals surface area contributed by atoms with E-state index < -0.39 is 0 Å². The van der Waals surface area contributed by atoms with Crippen molar-refractivity contribution in [1.29, 1.82) is 0 Å². The van der Waals surface area contributed by atoms with E-state index in [0.29, 0.717) is 28.5 Å². The quantitative estimate of drug-likeness (QED) is 0.423. The van der Waals surface area contributed by atoms with Crippen LogP contribution in [-0.4, -0.2) is 44.9 Å². The van der Waals surface area contributed by atoms with E-state index in [1.54, 1.807) is 12.1 Å². The minimum Gasteiger partial charge on any atom is -0.375 e. The molecule has 1 aliphatic carbocycles. The Morgan fingerprint density at radius 2 is 2.00 bits per heavy atom. The molecule has 2 aromatic carbocycles. The number of anilines is 1. The van der Waals surface area contributed by atoms with Gasteiger partial charge in [0, 0.05) is 36.2 Å². The van der Waals surface area contributed by atoms with E-state index in [-0.39, 0.29) is 40.5 Å². The lowest BCUT2D eigenvalue weighted by molar-refractivity contribution is 0.0685. The second-order valence-corrected chi connectivity index (χ2v) is 10.7. The Hall–Kier alpha value is -3.72. The number of aromatic nitrogens is 2. The molecule has 1 saturated heterocycles. The van der Waals surface area contributed by atoms with Gasteiger partial charge >= 0.3 is 0 Å². The molecule has 4 aromatic rings. The van der Waals surface area contributed by atoms with Gasteiger partial charge in [0.25, 0.3) is 11.8 Å². The van der Waals surface area contributed by atoms with Gasteiger partial charge in [-0.1, -0.05) is 41.7 Å². The van der Waals surface area contributed by atoms with E-state index >= 15 is 0 Å². The summed E-state index contributed by atoms with van der Waals surface area (Å²) in [5, 5.41) is 4.26. The summed E-state index contributed by atoms with van der Waals surface area (Å²) in [5.74, 6) is -0.308. The summed E-state index contributed by atoms with van der Waals surface area (Å²) < 4.78 is 15.9. The fourth-order valence-electron chi connectivity index (χ4n) is 5.59. The first-order chi connectivity index (χ1) is 17.3. The highest BCUT2D eigenvalue weighted by Crippen LogP contribution is 2.49. The number of hydrogen-bond donors (Lipinski definition) is 2. The first kappa shape index (κ1) is 22.7. The third-order valence-corrected chi connectivity index (χ3v) is 8.44. The smallest absolute Gasteiger partial charge is 0.274 e. The number of rotatable bonds is 5. The van der Waals surface area contributed by atoms with E-state index in [1.165, 1.54) is 23.5 Å². The Kier molecular flexibility index (Phi) is 5.33. The maximum Gasteiger partial charge on any atom is 0.274 e. The number of likely N-dealkylation sites (tertiary alicyclic amines) is 1. The molecule has 2 unspecified atom stereocenters. The van der Waals surface area contributed by atoms with Crippen molar-refractivity contribution >= 4 is 39.2 Å². The lowest BCUT2D eigenvalue weighted by Gasteiger charge is -2.27. The molecule has 6 rings (SSSR count). The summed E-state index contributed by atoms with van der Waals surface area (Å²) in [4.78, 5) is 33.8. The van der Waals surface area contributed by atoms with Gasteiger partial charge in [-0.25, -0.2) is 9.37 Å². The van der Waals surface area contributed by atoms with E-state index in [2.05, 4.69) is 10.3 Å². The summed E-state index contributed by atoms with van der Waals surface area (Å²) >= 11 is 1.18. The number of nitrogens with one attached hydrogen (secondary N) is 1. The van der Waals surface area contributed by atoms with E-state index in [1.807, 2.05) is 47.7 Å². The maximum absolute atomic E-state index is 13.9. The molecule has 3 heterocycles. The van der Waals surface area contributed by atoms with Crippen LogP contribution in [0.5, 0.6) is 0 Å². The van der Waals surface area contributed by atoms with Crippen LogP contribution >= 0.6 is 11.3 Å². The van der Waals surface area contributed by atoms with Crippen LogP contribution in [0.1, 0.15) is 39.4 Å². The second kappa shape index (κ2) is 8.44. The Morgan fingerprint density at radius 1 is 1.19 bits per heavy atom. The number of para-hydroxylation sites is 1. The lowest BCUT2D eigenvalue weighted by Crippen LogP contribution is -2.45. The SMILES string of the molecule is Cc1c(C(=O)NCC2CC3C[C@@H]3N2C(=O)c2nc(N)sc2-c2cccc(F)c2)c2ccccc2n1C. The first-order valence-electron chi connectivity index (χ1n) is 12.0. The summed E-state index contributed by atoms with van der Waals surface area (Å²) in [6.07, 6.45) is 1.79. The van der Waals surface area contributed by atoms with Gasteiger partial charge in [-0.05, 0) is 49.4 Å². The van der Waals surface area contributed by atoms with Crippen LogP contribution in [0.3, 0.4) is 0 Å². The average molecular weight is 504 g/mol. The van der Waals surface area contributed by atoms with E-state index in [0.717, 1.165) is 29.4 Å². The number of benzene rings is 2. The van der Waals surface area contributed by atoms with Crippen molar-refractivity contribution in [1.82, 2.24) is 19.8 Å². The third kappa shape index (κ3) is 3.65. The lowest BCUT2D eigenvalue weighted by atomic mass is 10.1. The number of carbonyl (C=O) groups is 2. The highest BCUT2D eigenvalue weighted by molar-refractivity contribution is 7.19. The molecule has 36 heavy (non-hydrogen) atoms. The van der Waals surface area contributed by atoms with E-state index in [9.17, 15) is 14.0 Å². The van der Waals surface area contributed by atoms with Gasteiger partial charge in [0.2, 0.25) is 0 Å². The molecule has 1 aliphatic heterocycles. The van der Waals surface area contributed by atoms with Crippen molar-refractivity contribution in [2.45, 2.75) is 31.8 Å². The molecule has 0 radical (unpaired) electrons. The minimum absolute atomic E-state index is 0.135. The van der Waals surface area contributed by atoms with Gasteiger partial charge < -0.3 is 20.5 Å². The van der Waals surface area contributed by atoms with Crippen LogP contribution in [0.15, 0.2) is 48.5 Å². The highest BCUT2D eigenvalue weighted by atomic mass is 32.1. The number of piperidine rings is 1. The van der Waals surface area contributed by atoms with Gasteiger partial charge in [0.1, 0.15) is 11.5 Å². The number of hydrogen-bond acceptors (Lipinski definition) is 5. The number of nitrogens with zero attached hydrogens (tertiary/aromatic N) is 3. The average Bonchev–Trinajstić information content (AvgIpc) is 3.23. The van der Waals surface area contributed by atoms with Gasteiger partial charge in [0.15, 0.2) is 5.13 Å². The predicted molar refractivity (Wildman–Crippen MR) is 138 cm³/mol. The molecular formula is C27H26FN5O2S. The van der Waals surface area contributed by atoms with Crippen molar-refractivity contribution in [3.63, 3.8) is 0 Å². The molecule has 9 heteroatoms. The minimum atomic E-state index is -0.384. The van der Waals surface area contributed by atoms with Crippen LogP contribution in [-0.2, 0) is 7.05 Å². The zero-order valence-corrected chi connectivity index (χ0v) is 20.8. The number of aryl methyl sites for hydroxylation is 1. The van der Waals surface area contributed by atoms with Crippen molar-refractivity contribution in [3.05, 3.63) is 71.3 Å². The number of amides is 2. The van der Waals surface area contributed by atoms with Crippen molar-refractivity contribution in [2.24, 2.45) is 13.0 Å². The third-order valence-electron chi connectivity index (χ3n) is 7.50. The largest absolute Gasteiger partial charge is 0.375 e. The molecule has 184 valence electrons. The molecule has 2 fully saturated rings. The molecule has 0 bridgehead atoms. The van der Waals surface area contributed by atoms with Crippen molar-refractivity contribution in [2.75, 3.05) is 12.3 Å². The molecule has 2 amide bonds. The summed E-state index contributed by atoms with van der Waals surface area (Å²) in [5.41, 5.74) is 9.37. The summed E-state index contributed by atoms with van der Waals surface area (Å²) in [6, 6.07) is 14.0. The van der Waals surface area contributed by atoms with Crippen LogP contribution < -0.4 is 11.1 Å². The predicted octanol–water partition coefficient (Wildman–Crippen LogP) is 4.36. The molecule has 2 aromatic heterocycles. The Balaban J connectivity index is 1.25. The fourth-order valence-corrected chi connectivity index (χ4v) is 6.41. The highest BCUT2D eigenvalue weighted by Gasteiger charge is 2.54. The molecule has 3 N–H and O–H groups in total. The van der Waals surface area contributed by atoms with Gasteiger partial charge in [-0.15, -0.1) is 0 Å². The monoisotopic (exact) mass is 503 g/mol. The standard InChI is InChI=1S/C27H26FN5O2S/c1-14-22(19-8-3-4-9-20(19)32(14)2)25(34)30-13-18-11-16-12-21(16)33(18)26(35)23-24(36-27(29)31-23)15-6-5-7-17(28)10-15/h3-10,16,18,21H,11-13H2,1-2H3,(H2,29,31)(H,30,34)/t16?,18?,21-/m0/s1. The number of fused-ring (bicyclic) bond motifs is 2. The number of nitrogen functional groups attached to an aromatic ring is 1. The van der Waals surface area contributed by atoms with Crippen molar-refractivity contribution < 1.29 is 14.0 Å². The summed E-state index contributed by atoms with van der Waals surface area (Å²) in [7, 11) is 1.95. The number of carbonyl (C=O) groups excluding carboxylic acids is 2. The second-order valence-electron chi connectivity index (χ2n) is 9.65. The van der Waals surface area contributed by atoms with E-state index in [4.69, 9.17) is 5.73 Å². The molecule has 1 saturated carbocycles. The normalized spacial score (nSPS) is 20.5. The fraction of sp³-hybridized carbons (Fsp3) is 0.296. The summed E-state index contributed by atoms with van der Waals surface area (Å²) in [6.45, 7) is 2.30. The number of nitrogens with two attached hydrogens (primary N) is 1. The molecule has 2 aliphatic rings. The molecule has 0 spiro atoms. The van der Waals surface area contributed by atoms with Crippen LogP contribution in [0.4, 0.5) is 9.52 Å². The Bertz CT molecular complexity index is 1530. The molecule has 3 atom stereocenters. The number of thiazole rings is 1. The van der Waals surface area contributed by atoms with Crippen LogP contribution in [0.2, 0.25) is 0 Å². The van der Waals surface area contributed by atoms with Crippen LogP contribution in [0.25, 0.3) is 21.3 Å². The topological polar surface area (TPSA) is 93.2 Å². The Labute approximate surface area is 211 Å².